The summed E-state index contributed by atoms with van der Waals surface area (Å²) in [4.78, 5) is 4.98. The van der Waals surface area contributed by atoms with Gasteiger partial charge in [0.2, 0.25) is 0 Å². The van der Waals surface area contributed by atoms with Gasteiger partial charge in [0.15, 0.2) is 0 Å². The van der Waals surface area contributed by atoms with E-state index in [0.29, 0.717) is 5.92 Å². The first kappa shape index (κ1) is 12.7. The largest absolute Gasteiger partial charge is 0.304 e. The summed E-state index contributed by atoms with van der Waals surface area (Å²) in [6, 6.07) is 0. The van der Waals surface area contributed by atoms with Crippen LogP contribution < -0.4 is 0 Å². The minimum Gasteiger partial charge on any atom is -0.304 e. The standard InChI is InChI=1S/C13H26N2/c1-12(2)13(3)6-5-7-15-10-8-14(4)9-11-15/h12H,3,5-11H2,1-2,4H3. The third-order valence-electron chi connectivity index (χ3n) is 3.38. The van der Waals surface area contributed by atoms with Crippen molar-refractivity contribution in [3.63, 3.8) is 0 Å². The minimum atomic E-state index is 0.650. The Balaban J connectivity index is 2.08. The van der Waals surface area contributed by atoms with Crippen LogP contribution in [0.4, 0.5) is 0 Å². The number of piperazine rings is 1. The van der Waals surface area contributed by atoms with Gasteiger partial charge >= 0.3 is 0 Å². The maximum absolute atomic E-state index is 4.12. The molecule has 0 bridgehead atoms. The Kier molecular flexibility index (Phi) is 5.34. The van der Waals surface area contributed by atoms with Gasteiger partial charge in [-0.1, -0.05) is 26.0 Å². The third kappa shape index (κ3) is 4.80. The molecule has 2 nitrogen and oxygen atoms in total. The fourth-order valence-electron chi connectivity index (χ4n) is 1.89. The highest BCUT2D eigenvalue weighted by Crippen LogP contribution is 2.13. The Morgan fingerprint density at radius 2 is 1.80 bits per heavy atom. The van der Waals surface area contributed by atoms with Crippen LogP contribution in [0.5, 0.6) is 0 Å². The van der Waals surface area contributed by atoms with Gasteiger partial charge in [-0.3, -0.25) is 0 Å². The molecule has 1 saturated heterocycles. The van der Waals surface area contributed by atoms with Crippen molar-refractivity contribution in [3.8, 4) is 0 Å². The molecule has 1 aliphatic heterocycles. The van der Waals surface area contributed by atoms with Gasteiger partial charge in [0.25, 0.3) is 0 Å². The number of likely N-dealkylation sites (N-methyl/N-ethyl adjacent to an activating group) is 1. The Labute approximate surface area is 94.9 Å². The predicted octanol–water partition coefficient (Wildman–Crippen LogP) is 2.23. The summed E-state index contributed by atoms with van der Waals surface area (Å²) in [7, 11) is 2.21. The highest BCUT2D eigenvalue weighted by molar-refractivity contribution is 4.97. The van der Waals surface area contributed by atoms with Gasteiger partial charge in [0.1, 0.15) is 0 Å². The molecule has 88 valence electrons. The van der Waals surface area contributed by atoms with Gasteiger partial charge in [0.05, 0.1) is 0 Å². The van der Waals surface area contributed by atoms with Crippen molar-refractivity contribution >= 4 is 0 Å². The van der Waals surface area contributed by atoms with Gasteiger partial charge < -0.3 is 9.80 Å². The Morgan fingerprint density at radius 1 is 1.20 bits per heavy atom. The van der Waals surface area contributed by atoms with E-state index in [1.165, 1.54) is 51.1 Å². The fraction of sp³-hybridized carbons (Fsp3) is 0.846. The van der Waals surface area contributed by atoms with Crippen molar-refractivity contribution in [2.45, 2.75) is 26.7 Å². The molecule has 0 saturated carbocycles. The second-order valence-electron chi connectivity index (χ2n) is 5.06. The second kappa shape index (κ2) is 6.29. The molecule has 0 radical (unpaired) electrons. The van der Waals surface area contributed by atoms with Crippen LogP contribution in [-0.2, 0) is 0 Å². The van der Waals surface area contributed by atoms with E-state index in [1.807, 2.05) is 0 Å². The van der Waals surface area contributed by atoms with Gasteiger partial charge in [-0.05, 0) is 32.4 Å². The van der Waals surface area contributed by atoms with E-state index in [1.54, 1.807) is 0 Å². The van der Waals surface area contributed by atoms with Crippen LogP contribution in [0.1, 0.15) is 26.7 Å². The highest BCUT2D eigenvalue weighted by Gasteiger charge is 2.12. The maximum Gasteiger partial charge on any atom is 0.0110 e. The zero-order valence-corrected chi connectivity index (χ0v) is 10.6. The fourth-order valence-corrected chi connectivity index (χ4v) is 1.89. The monoisotopic (exact) mass is 210 g/mol. The van der Waals surface area contributed by atoms with Crippen molar-refractivity contribution in [1.29, 1.82) is 0 Å². The van der Waals surface area contributed by atoms with Crippen molar-refractivity contribution in [1.82, 2.24) is 9.80 Å². The van der Waals surface area contributed by atoms with E-state index in [-0.39, 0.29) is 0 Å². The average molecular weight is 210 g/mol. The zero-order chi connectivity index (χ0) is 11.3. The number of allylic oxidation sites excluding steroid dienone is 1. The summed E-state index contributed by atoms with van der Waals surface area (Å²) in [5, 5.41) is 0. The Hall–Kier alpha value is -0.340. The van der Waals surface area contributed by atoms with Gasteiger partial charge in [0, 0.05) is 26.2 Å². The summed E-state index contributed by atoms with van der Waals surface area (Å²) in [5.41, 5.74) is 1.41. The van der Waals surface area contributed by atoms with Crippen LogP contribution in [0.15, 0.2) is 12.2 Å². The molecule has 15 heavy (non-hydrogen) atoms. The van der Waals surface area contributed by atoms with Crippen LogP contribution in [0.3, 0.4) is 0 Å². The maximum atomic E-state index is 4.12. The quantitative estimate of drug-likeness (QED) is 0.642. The molecule has 0 spiro atoms. The number of nitrogens with zero attached hydrogens (tertiary/aromatic N) is 2. The van der Waals surface area contributed by atoms with Crippen LogP contribution in [0.2, 0.25) is 0 Å². The SMILES string of the molecule is C=C(CCCN1CCN(C)CC1)C(C)C. The summed E-state index contributed by atoms with van der Waals surface area (Å²) in [6.07, 6.45) is 2.48. The van der Waals surface area contributed by atoms with E-state index in [9.17, 15) is 0 Å². The van der Waals surface area contributed by atoms with Gasteiger partial charge in [-0.15, -0.1) is 0 Å². The molecule has 0 unspecified atom stereocenters. The van der Waals surface area contributed by atoms with Crippen molar-refractivity contribution in [2.24, 2.45) is 5.92 Å². The summed E-state index contributed by atoms with van der Waals surface area (Å²) < 4.78 is 0. The van der Waals surface area contributed by atoms with E-state index in [2.05, 4.69) is 37.3 Å². The zero-order valence-electron chi connectivity index (χ0n) is 10.6. The molecule has 1 fully saturated rings. The third-order valence-corrected chi connectivity index (χ3v) is 3.38. The number of hydrogen-bond donors (Lipinski definition) is 0. The number of rotatable bonds is 5. The molecular weight excluding hydrogens is 184 g/mol. The molecule has 1 aliphatic rings. The molecule has 0 aromatic carbocycles. The van der Waals surface area contributed by atoms with E-state index >= 15 is 0 Å². The lowest BCUT2D eigenvalue weighted by Crippen LogP contribution is -2.44. The first-order chi connectivity index (χ1) is 7.09. The molecule has 0 aliphatic carbocycles. The lowest BCUT2D eigenvalue weighted by Gasteiger charge is -2.32. The lowest BCUT2D eigenvalue weighted by atomic mass is 10.0. The molecule has 2 heteroatoms. The minimum absolute atomic E-state index is 0.650. The normalized spacial score (nSPS) is 19.7. The number of hydrogen-bond acceptors (Lipinski definition) is 2. The summed E-state index contributed by atoms with van der Waals surface area (Å²) >= 11 is 0. The first-order valence-corrected chi connectivity index (χ1v) is 6.18. The smallest absolute Gasteiger partial charge is 0.0110 e. The first-order valence-electron chi connectivity index (χ1n) is 6.18. The molecule has 0 atom stereocenters. The van der Waals surface area contributed by atoms with Crippen molar-refractivity contribution < 1.29 is 0 Å². The van der Waals surface area contributed by atoms with Crippen LogP contribution in [0, 0.1) is 5.92 Å². The van der Waals surface area contributed by atoms with Crippen molar-refractivity contribution in [2.75, 3.05) is 39.8 Å². The van der Waals surface area contributed by atoms with Gasteiger partial charge in [-0.2, -0.15) is 0 Å². The second-order valence-corrected chi connectivity index (χ2v) is 5.06. The molecule has 0 N–H and O–H groups in total. The van der Waals surface area contributed by atoms with E-state index in [0.717, 1.165) is 0 Å². The molecular formula is C13H26N2. The lowest BCUT2D eigenvalue weighted by molar-refractivity contribution is 0.153. The Morgan fingerprint density at radius 3 is 2.33 bits per heavy atom. The van der Waals surface area contributed by atoms with Gasteiger partial charge in [-0.25, -0.2) is 0 Å². The van der Waals surface area contributed by atoms with Crippen LogP contribution in [0.25, 0.3) is 0 Å². The summed E-state index contributed by atoms with van der Waals surface area (Å²) in [5.74, 6) is 0.650. The molecule has 1 rings (SSSR count). The molecule has 0 amide bonds. The highest BCUT2D eigenvalue weighted by atomic mass is 15.2. The Bertz CT molecular complexity index is 191. The summed E-state index contributed by atoms with van der Waals surface area (Å²) in [6.45, 7) is 14.8. The molecule has 1 heterocycles. The van der Waals surface area contributed by atoms with E-state index < -0.39 is 0 Å². The van der Waals surface area contributed by atoms with Crippen LogP contribution >= 0.6 is 0 Å². The van der Waals surface area contributed by atoms with Crippen molar-refractivity contribution in [3.05, 3.63) is 12.2 Å². The van der Waals surface area contributed by atoms with Crippen LogP contribution in [-0.4, -0.2) is 49.6 Å². The van der Waals surface area contributed by atoms with E-state index in [4.69, 9.17) is 0 Å². The average Bonchev–Trinajstić information content (AvgIpc) is 2.20. The molecule has 0 aromatic heterocycles. The molecule has 0 aromatic rings. The topological polar surface area (TPSA) is 6.48 Å². The predicted molar refractivity (Wildman–Crippen MR) is 67.1 cm³/mol.